The van der Waals surface area contributed by atoms with Gasteiger partial charge in [-0.05, 0) is 25.3 Å². The summed E-state index contributed by atoms with van der Waals surface area (Å²) in [4.78, 5) is 23.6. The van der Waals surface area contributed by atoms with Gasteiger partial charge in [-0.15, -0.1) is 0 Å². The highest BCUT2D eigenvalue weighted by atomic mass is 16.5. The van der Waals surface area contributed by atoms with Crippen molar-refractivity contribution in [3.05, 3.63) is 35.9 Å². The minimum atomic E-state index is -0.195. The first-order valence-electron chi connectivity index (χ1n) is 10.1. The highest BCUT2D eigenvalue weighted by Crippen LogP contribution is 2.12. The lowest BCUT2D eigenvalue weighted by Crippen LogP contribution is -2.26. The Bertz CT molecular complexity index is 501. The van der Waals surface area contributed by atoms with Crippen molar-refractivity contribution < 1.29 is 14.3 Å². The Hall–Kier alpha value is -1.84. The molecule has 1 aromatic rings. The predicted molar refractivity (Wildman–Crippen MR) is 106 cm³/mol. The van der Waals surface area contributed by atoms with Crippen LogP contribution in [0.15, 0.2) is 30.3 Å². The Labute approximate surface area is 158 Å². The molecule has 0 aromatic heterocycles. The van der Waals surface area contributed by atoms with Crippen molar-refractivity contribution in [1.82, 2.24) is 5.32 Å². The number of rotatable bonds is 14. The fourth-order valence-electron chi connectivity index (χ4n) is 2.85. The van der Waals surface area contributed by atoms with Crippen LogP contribution in [0.1, 0.15) is 89.7 Å². The predicted octanol–water partition coefficient (Wildman–Crippen LogP) is 5.33. The molecule has 1 aromatic carbocycles. The van der Waals surface area contributed by atoms with Crippen molar-refractivity contribution in [2.75, 3.05) is 6.61 Å². The van der Waals surface area contributed by atoms with E-state index in [1.807, 2.05) is 37.3 Å². The quantitative estimate of drug-likeness (QED) is 0.360. The van der Waals surface area contributed by atoms with Crippen LogP contribution in [0.2, 0.25) is 0 Å². The second-order valence-electron chi connectivity index (χ2n) is 6.90. The number of ether oxygens (including phenoxy) is 1. The summed E-state index contributed by atoms with van der Waals surface area (Å²) >= 11 is 0. The van der Waals surface area contributed by atoms with E-state index in [9.17, 15) is 9.59 Å². The number of nitrogens with one attached hydrogen (secondary N) is 1. The number of hydrogen-bond acceptors (Lipinski definition) is 3. The average molecular weight is 362 g/mol. The lowest BCUT2D eigenvalue weighted by Gasteiger charge is -2.14. The number of unbranched alkanes of at least 4 members (excludes halogenated alkanes) is 6. The van der Waals surface area contributed by atoms with E-state index in [1.165, 1.54) is 32.1 Å². The monoisotopic (exact) mass is 361 g/mol. The van der Waals surface area contributed by atoms with Crippen molar-refractivity contribution in [2.24, 2.45) is 0 Å². The standard InChI is InChI=1S/C22H35NO3/c1-3-4-5-6-7-8-12-18-26-22(25)17-13-16-21(24)23-19(2)20-14-10-9-11-15-20/h9-11,14-15,19H,3-8,12-13,16-18H2,1-2H3,(H,23,24). The number of carbonyl (C=O) groups excluding carboxylic acids is 2. The van der Waals surface area contributed by atoms with E-state index >= 15 is 0 Å². The summed E-state index contributed by atoms with van der Waals surface area (Å²) < 4.78 is 5.23. The Morgan fingerprint density at radius 3 is 2.27 bits per heavy atom. The molecule has 1 unspecified atom stereocenters. The normalized spacial score (nSPS) is 11.8. The van der Waals surface area contributed by atoms with Crippen molar-refractivity contribution in [2.45, 2.75) is 84.1 Å². The van der Waals surface area contributed by atoms with E-state index in [4.69, 9.17) is 4.74 Å². The van der Waals surface area contributed by atoms with Gasteiger partial charge in [-0.25, -0.2) is 0 Å². The van der Waals surface area contributed by atoms with Gasteiger partial charge in [0.15, 0.2) is 0 Å². The van der Waals surface area contributed by atoms with Gasteiger partial charge in [0.25, 0.3) is 0 Å². The fourth-order valence-corrected chi connectivity index (χ4v) is 2.85. The summed E-state index contributed by atoms with van der Waals surface area (Å²) in [6.07, 6.45) is 9.63. The lowest BCUT2D eigenvalue weighted by atomic mass is 10.1. The maximum absolute atomic E-state index is 12.0. The second-order valence-corrected chi connectivity index (χ2v) is 6.90. The van der Waals surface area contributed by atoms with E-state index in [1.54, 1.807) is 0 Å². The highest BCUT2D eigenvalue weighted by Gasteiger charge is 2.10. The topological polar surface area (TPSA) is 55.4 Å². The van der Waals surface area contributed by atoms with E-state index in [-0.39, 0.29) is 17.9 Å². The molecule has 1 N–H and O–H groups in total. The maximum atomic E-state index is 12.0. The SMILES string of the molecule is CCCCCCCCCOC(=O)CCCC(=O)NC(C)c1ccccc1. The average Bonchev–Trinajstić information content (AvgIpc) is 2.64. The third kappa shape index (κ3) is 10.9. The van der Waals surface area contributed by atoms with Crippen LogP contribution in [0.25, 0.3) is 0 Å². The van der Waals surface area contributed by atoms with Gasteiger partial charge in [0, 0.05) is 12.8 Å². The molecular formula is C22H35NO3. The van der Waals surface area contributed by atoms with Gasteiger partial charge in [-0.3, -0.25) is 9.59 Å². The summed E-state index contributed by atoms with van der Waals surface area (Å²) in [7, 11) is 0. The van der Waals surface area contributed by atoms with Gasteiger partial charge < -0.3 is 10.1 Å². The molecule has 1 amide bonds. The third-order valence-electron chi connectivity index (χ3n) is 4.47. The molecule has 0 heterocycles. The van der Waals surface area contributed by atoms with Gasteiger partial charge in [0.2, 0.25) is 5.91 Å². The van der Waals surface area contributed by atoms with Gasteiger partial charge in [-0.1, -0.05) is 75.8 Å². The van der Waals surface area contributed by atoms with Crippen molar-refractivity contribution >= 4 is 11.9 Å². The molecular weight excluding hydrogens is 326 g/mol. The van der Waals surface area contributed by atoms with Crippen LogP contribution in [0, 0.1) is 0 Å². The molecule has 0 aliphatic rings. The molecule has 0 bridgehead atoms. The molecule has 0 radical (unpaired) electrons. The first-order chi connectivity index (χ1) is 12.6. The highest BCUT2D eigenvalue weighted by molar-refractivity contribution is 5.77. The smallest absolute Gasteiger partial charge is 0.305 e. The number of amides is 1. The van der Waals surface area contributed by atoms with Crippen LogP contribution < -0.4 is 5.32 Å². The molecule has 0 saturated heterocycles. The number of benzene rings is 1. The molecule has 0 aliphatic carbocycles. The van der Waals surface area contributed by atoms with Crippen LogP contribution in [-0.2, 0) is 14.3 Å². The van der Waals surface area contributed by atoms with E-state index < -0.39 is 0 Å². The summed E-state index contributed by atoms with van der Waals surface area (Å²) in [5.41, 5.74) is 1.08. The van der Waals surface area contributed by atoms with Crippen molar-refractivity contribution in [3.8, 4) is 0 Å². The molecule has 0 aliphatic heterocycles. The summed E-state index contributed by atoms with van der Waals surface area (Å²) in [6, 6.07) is 9.83. The zero-order valence-electron chi connectivity index (χ0n) is 16.5. The van der Waals surface area contributed by atoms with Crippen LogP contribution in [-0.4, -0.2) is 18.5 Å². The molecule has 4 nitrogen and oxygen atoms in total. The molecule has 26 heavy (non-hydrogen) atoms. The first kappa shape index (κ1) is 22.2. The second kappa shape index (κ2) is 14.3. The Morgan fingerprint density at radius 1 is 0.923 bits per heavy atom. The third-order valence-corrected chi connectivity index (χ3v) is 4.47. The van der Waals surface area contributed by atoms with Crippen LogP contribution in [0.5, 0.6) is 0 Å². The van der Waals surface area contributed by atoms with Crippen LogP contribution in [0.3, 0.4) is 0 Å². The Kier molecular flexibility index (Phi) is 12.2. The molecule has 0 spiro atoms. The molecule has 146 valence electrons. The van der Waals surface area contributed by atoms with Gasteiger partial charge in [0.05, 0.1) is 12.6 Å². The Morgan fingerprint density at radius 2 is 1.58 bits per heavy atom. The molecule has 1 rings (SSSR count). The summed E-state index contributed by atoms with van der Waals surface area (Å²) in [6.45, 7) is 4.68. The minimum absolute atomic E-state index is 0.0204. The molecule has 0 fully saturated rings. The van der Waals surface area contributed by atoms with Gasteiger partial charge in [0.1, 0.15) is 0 Å². The fraction of sp³-hybridized carbons (Fsp3) is 0.636. The first-order valence-corrected chi connectivity index (χ1v) is 10.1. The lowest BCUT2D eigenvalue weighted by molar-refractivity contribution is -0.143. The Balaban J connectivity index is 2.01. The van der Waals surface area contributed by atoms with Crippen molar-refractivity contribution in [3.63, 3.8) is 0 Å². The zero-order chi connectivity index (χ0) is 19.0. The molecule has 0 saturated carbocycles. The van der Waals surface area contributed by atoms with E-state index in [2.05, 4.69) is 12.2 Å². The summed E-state index contributed by atoms with van der Waals surface area (Å²) in [5.74, 6) is -0.221. The molecule has 4 heteroatoms. The minimum Gasteiger partial charge on any atom is -0.466 e. The van der Waals surface area contributed by atoms with Crippen LogP contribution >= 0.6 is 0 Å². The number of esters is 1. The maximum Gasteiger partial charge on any atom is 0.305 e. The van der Waals surface area contributed by atoms with Crippen LogP contribution in [0.4, 0.5) is 0 Å². The number of carbonyl (C=O) groups is 2. The largest absolute Gasteiger partial charge is 0.466 e. The van der Waals surface area contributed by atoms with Gasteiger partial charge >= 0.3 is 5.97 Å². The van der Waals surface area contributed by atoms with Gasteiger partial charge in [-0.2, -0.15) is 0 Å². The van der Waals surface area contributed by atoms with E-state index in [0.717, 1.165) is 18.4 Å². The zero-order valence-corrected chi connectivity index (χ0v) is 16.5. The van der Waals surface area contributed by atoms with E-state index in [0.29, 0.717) is 25.9 Å². The van der Waals surface area contributed by atoms with Crippen molar-refractivity contribution in [1.29, 1.82) is 0 Å². The summed E-state index contributed by atoms with van der Waals surface area (Å²) in [5, 5.41) is 2.96. The number of hydrogen-bond donors (Lipinski definition) is 1. The molecule has 1 atom stereocenters.